The zero-order valence-electron chi connectivity index (χ0n) is 13.2. The molecule has 0 aliphatic rings. The van der Waals surface area contributed by atoms with Gasteiger partial charge in [0.1, 0.15) is 11.5 Å². The summed E-state index contributed by atoms with van der Waals surface area (Å²) in [6.07, 6.45) is 2.13. The summed E-state index contributed by atoms with van der Waals surface area (Å²) in [5, 5.41) is 18.7. The van der Waals surface area contributed by atoms with E-state index in [0.717, 1.165) is 5.76 Å². The van der Waals surface area contributed by atoms with Gasteiger partial charge < -0.3 is 9.73 Å². The van der Waals surface area contributed by atoms with Gasteiger partial charge in [-0.2, -0.15) is 5.10 Å². The quantitative estimate of drug-likeness (QED) is 0.623. The first kappa shape index (κ1) is 16.0. The zero-order valence-corrected chi connectivity index (χ0v) is 13.2. The fraction of sp³-hybridized carbons (Fsp3) is 0.500. The lowest BCUT2D eigenvalue weighted by Gasteiger charge is -2.22. The first-order valence-electron chi connectivity index (χ1n) is 7.09. The third kappa shape index (κ3) is 3.11. The Balaban J connectivity index is 2.23. The van der Waals surface area contributed by atoms with E-state index < -0.39 is 0 Å². The lowest BCUT2D eigenvalue weighted by Crippen LogP contribution is -2.27. The fourth-order valence-corrected chi connectivity index (χ4v) is 2.41. The van der Waals surface area contributed by atoms with Gasteiger partial charge >= 0.3 is 5.69 Å². The van der Waals surface area contributed by atoms with E-state index in [4.69, 9.17) is 4.42 Å². The molecule has 1 N–H and O–H groups in total. The van der Waals surface area contributed by atoms with Crippen LogP contribution in [0, 0.1) is 10.1 Å². The van der Waals surface area contributed by atoms with Gasteiger partial charge in [0.15, 0.2) is 0 Å². The van der Waals surface area contributed by atoms with Crippen LogP contribution in [-0.4, -0.2) is 40.2 Å². The van der Waals surface area contributed by atoms with Gasteiger partial charge in [-0.1, -0.05) is 6.92 Å². The van der Waals surface area contributed by atoms with Crippen molar-refractivity contribution in [1.29, 1.82) is 0 Å². The normalized spacial score (nSPS) is 12.6. The Labute approximate surface area is 128 Å². The van der Waals surface area contributed by atoms with Crippen molar-refractivity contribution in [1.82, 2.24) is 14.7 Å². The molecule has 1 atom stereocenters. The number of nitrogens with one attached hydrogen (secondary N) is 1. The molecule has 8 nitrogen and oxygen atoms in total. The highest BCUT2D eigenvalue weighted by Gasteiger charge is 2.27. The van der Waals surface area contributed by atoms with Gasteiger partial charge in [-0.25, -0.2) is 4.68 Å². The van der Waals surface area contributed by atoms with Gasteiger partial charge in [-0.15, -0.1) is 0 Å². The van der Waals surface area contributed by atoms with E-state index in [1.54, 1.807) is 13.3 Å². The number of nitro groups is 1. The number of hydrogen-bond acceptors (Lipinski definition) is 6. The van der Waals surface area contributed by atoms with Crippen molar-refractivity contribution < 1.29 is 9.34 Å². The lowest BCUT2D eigenvalue weighted by atomic mass is 10.2. The van der Waals surface area contributed by atoms with Gasteiger partial charge in [-0.05, 0) is 32.6 Å². The average molecular weight is 307 g/mol. The summed E-state index contributed by atoms with van der Waals surface area (Å²) < 4.78 is 6.96. The van der Waals surface area contributed by atoms with Gasteiger partial charge in [-0.3, -0.25) is 15.0 Å². The first-order valence-corrected chi connectivity index (χ1v) is 7.09. The molecule has 0 fully saturated rings. The Morgan fingerprint density at radius 1 is 1.55 bits per heavy atom. The zero-order chi connectivity index (χ0) is 16.3. The van der Waals surface area contributed by atoms with E-state index in [1.165, 1.54) is 4.68 Å². The number of anilines is 1. The molecule has 2 aromatic rings. The second-order valence-electron chi connectivity index (χ2n) is 5.25. The van der Waals surface area contributed by atoms with Crippen molar-refractivity contribution >= 4 is 11.5 Å². The molecule has 22 heavy (non-hydrogen) atoms. The topological polar surface area (TPSA) is 89.4 Å². The minimum absolute atomic E-state index is 0.0328. The molecule has 8 heteroatoms. The number of nitrogens with zero attached hydrogens (tertiary/aromatic N) is 4. The van der Waals surface area contributed by atoms with Crippen LogP contribution in [0.15, 0.2) is 22.8 Å². The van der Waals surface area contributed by atoms with Gasteiger partial charge in [0.2, 0.25) is 5.82 Å². The van der Waals surface area contributed by atoms with Crippen LogP contribution in [0.2, 0.25) is 0 Å². The Hall–Kier alpha value is -2.35. The molecule has 2 rings (SSSR count). The molecule has 2 heterocycles. The molecule has 0 radical (unpaired) electrons. The molecular weight excluding hydrogens is 286 g/mol. The van der Waals surface area contributed by atoms with Crippen molar-refractivity contribution in [3.63, 3.8) is 0 Å². The molecule has 0 aromatic carbocycles. The third-order valence-electron chi connectivity index (χ3n) is 3.57. The number of rotatable bonds is 7. The van der Waals surface area contributed by atoms with E-state index >= 15 is 0 Å². The summed E-state index contributed by atoms with van der Waals surface area (Å²) in [5.41, 5.74) is 0.524. The van der Waals surface area contributed by atoms with Crippen LogP contribution in [-0.2, 0) is 13.5 Å². The van der Waals surface area contributed by atoms with E-state index in [2.05, 4.69) is 10.4 Å². The number of likely N-dealkylation sites (N-methyl/N-ethyl adjacent to an activating group) is 1. The molecule has 0 aliphatic heterocycles. The largest absolute Gasteiger partial charge is 0.468 e. The predicted molar refractivity (Wildman–Crippen MR) is 82.9 cm³/mol. The summed E-state index contributed by atoms with van der Waals surface area (Å²) in [6.45, 7) is 2.33. The van der Waals surface area contributed by atoms with Crippen molar-refractivity contribution in [2.75, 3.05) is 26.0 Å². The summed E-state index contributed by atoms with van der Waals surface area (Å²) >= 11 is 0. The van der Waals surface area contributed by atoms with E-state index in [0.29, 0.717) is 24.5 Å². The minimum Gasteiger partial charge on any atom is -0.468 e. The van der Waals surface area contributed by atoms with Crippen LogP contribution in [0.4, 0.5) is 11.5 Å². The van der Waals surface area contributed by atoms with E-state index in [-0.39, 0.29) is 16.7 Å². The second kappa shape index (κ2) is 6.61. The van der Waals surface area contributed by atoms with E-state index in [1.807, 2.05) is 38.1 Å². The van der Waals surface area contributed by atoms with Crippen LogP contribution in [0.5, 0.6) is 0 Å². The van der Waals surface area contributed by atoms with Crippen LogP contribution in [0.3, 0.4) is 0 Å². The smallest absolute Gasteiger partial charge is 0.333 e. The summed E-state index contributed by atoms with van der Waals surface area (Å²) in [5.74, 6) is 1.22. The molecule has 0 spiro atoms. The lowest BCUT2D eigenvalue weighted by molar-refractivity contribution is -0.384. The van der Waals surface area contributed by atoms with Crippen molar-refractivity contribution in [3.8, 4) is 0 Å². The molecule has 0 saturated carbocycles. The minimum atomic E-state index is -0.383. The second-order valence-corrected chi connectivity index (χ2v) is 5.25. The van der Waals surface area contributed by atoms with Crippen molar-refractivity contribution in [2.24, 2.45) is 7.05 Å². The van der Waals surface area contributed by atoms with Crippen molar-refractivity contribution in [2.45, 2.75) is 19.4 Å². The highest BCUT2D eigenvalue weighted by atomic mass is 16.6. The molecule has 1 unspecified atom stereocenters. The number of hydrogen-bond donors (Lipinski definition) is 1. The molecule has 0 bridgehead atoms. The number of aryl methyl sites for hydroxylation is 2. The molecule has 120 valence electrons. The standard InChI is InChI=1S/C14H21N5O3/c1-5-10-13(19(20)21)14(18(4)16-10)15-9-11(17(2)3)12-7-6-8-22-12/h6-8,11,15H,5,9H2,1-4H3. The van der Waals surface area contributed by atoms with Gasteiger partial charge in [0.05, 0.1) is 17.2 Å². The van der Waals surface area contributed by atoms with E-state index in [9.17, 15) is 10.1 Å². The van der Waals surface area contributed by atoms with Gasteiger partial charge in [0.25, 0.3) is 0 Å². The number of furan rings is 1. The molecule has 0 amide bonds. The van der Waals surface area contributed by atoms with Crippen LogP contribution < -0.4 is 5.32 Å². The molecule has 0 aliphatic carbocycles. The van der Waals surface area contributed by atoms with Crippen LogP contribution in [0.25, 0.3) is 0 Å². The highest BCUT2D eigenvalue weighted by Crippen LogP contribution is 2.29. The summed E-state index contributed by atoms with van der Waals surface area (Å²) in [7, 11) is 5.57. The Bertz CT molecular complexity index is 633. The fourth-order valence-electron chi connectivity index (χ4n) is 2.41. The Morgan fingerprint density at radius 3 is 2.77 bits per heavy atom. The maximum Gasteiger partial charge on any atom is 0.333 e. The monoisotopic (exact) mass is 307 g/mol. The average Bonchev–Trinajstić information content (AvgIpc) is 3.07. The predicted octanol–water partition coefficient (Wildman–Crippen LogP) is 2.20. The SMILES string of the molecule is CCc1nn(C)c(NCC(c2ccco2)N(C)C)c1[N+](=O)[O-]. The molecule has 0 saturated heterocycles. The van der Waals surface area contributed by atoms with Crippen LogP contribution in [0.1, 0.15) is 24.4 Å². The Kier molecular flexibility index (Phi) is 4.81. The maximum absolute atomic E-state index is 11.3. The van der Waals surface area contributed by atoms with Crippen molar-refractivity contribution in [3.05, 3.63) is 40.0 Å². The summed E-state index contributed by atoms with van der Waals surface area (Å²) in [4.78, 5) is 12.9. The maximum atomic E-state index is 11.3. The Morgan fingerprint density at radius 2 is 2.27 bits per heavy atom. The molecular formula is C14H21N5O3. The van der Waals surface area contributed by atoms with Crippen LogP contribution >= 0.6 is 0 Å². The molecule has 2 aromatic heterocycles. The van der Waals surface area contributed by atoms with Gasteiger partial charge in [0, 0.05) is 13.6 Å². The highest BCUT2D eigenvalue weighted by molar-refractivity contribution is 5.60. The first-order chi connectivity index (χ1) is 10.5. The summed E-state index contributed by atoms with van der Waals surface area (Å²) in [6, 6.07) is 3.68. The number of aromatic nitrogens is 2. The third-order valence-corrected chi connectivity index (χ3v) is 3.57.